The maximum absolute atomic E-state index is 6.53. The first-order valence-corrected chi connectivity index (χ1v) is 1.41. The van der Waals surface area contributed by atoms with Gasteiger partial charge in [0.2, 0.25) is 0 Å². The normalized spacial score (nSPS) is 17.0. The quantitative estimate of drug-likeness (QED) is 0.465. The number of nitrogens with two attached hydrogens (primary N) is 1. The molecule has 0 fully saturated rings. The second kappa shape index (κ2) is 1.30. The lowest BCUT2D eigenvalue weighted by Crippen LogP contribution is -2.06. The van der Waals surface area contributed by atoms with Crippen molar-refractivity contribution in [2.45, 2.75) is 19.9 Å². The van der Waals surface area contributed by atoms with Gasteiger partial charge in [-0.05, 0) is 6.04 Å². The van der Waals surface area contributed by atoms with Gasteiger partial charge in [0, 0.05) is 0 Å². The second-order valence-electron chi connectivity index (χ2n) is 1.09. The van der Waals surface area contributed by atoms with Crippen LogP contribution in [0.25, 0.3) is 0 Å². The van der Waals surface area contributed by atoms with E-state index in [1.165, 1.54) is 0 Å². The van der Waals surface area contributed by atoms with Gasteiger partial charge >= 0.3 is 0 Å². The zero-order valence-electron chi connectivity index (χ0n) is 5.02. The second-order valence-corrected chi connectivity index (χ2v) is 1.09. The fourth-order valence-corrected chi connectivity index (χ4v) is 0. The Morgan fingerprint density at radius 1 is 2.00 bits per heavy atom. The Labute approximate surface area is 29.7 Å². The summed E-state index contributed by atoms with van der Waals surface area (Å²) in [6, 6.07) is 0.0185. The first kappa shape index (κ1) is 1.41. The van der Waals surface area contributed by atoms with Gasteiger partial charge in [0.1, 0.15) is 2.82 Å². The zero-order valence-corrected chi connectivity index (χ0v) is 3.02. The Bertz CT molecular complexity index is 29.8. The minimum atomic E-state index is 0.0185. The molecule has 0 atom stereocenters. The van der Waals surface area contributed by atoms with Crippen LogP contribution in [0.2, 0.25) is 2.82 Å². The first-order valence-electron chi connectivity index (χ1n) is 2.31. The summed E-state index contributed by atoms with van der Waals surface area (Å²) in [5.74, 6) is 0. The van der Waals surface area contributed by atoms with Gasteiger partial charge in [-0.25, -0.2) is 0 Å². The zero-order chi connectivity index (χ0) is 5.15. The van der Waals surface area contributed by atoms with Crippen LogP contribution in [-0.2, 0) is 0 Å². The summed E-state index contributed by atoms with van der Waals surface area (Å²) in [4.78, 5) is 0. The van der Waals surface area contributed by atoms with E-state index in [4.69, 9.17) is 2.82 Å². The van der Waals surface area contributed by atoms with Crippen LogP contribution in [0.4, 0.5) is 0 Å². The molecule has 1 nitrogen and oxygen atoms in total. The lowest BCUT2D eigenvalue weighted by Gasteiger charge is -1.81. The summed E-state index contributed by atoms with van der Waals surface area (Å²) < 4.78 is 13.1. The summed E-state index contributed by atoms with van der Waals surface area (Å²) in [5.41, 5.74) is 0.667. The molecule has 0 heterocycles. The minimum Gasteiger partial charge on any atom is -0.328 e. The molecule has 0 rings (SSSR count). The van der Waals surface area contributed by atoms with Gasteiger partial charge in [0.05, 0.1) is 0 Å². The molecule has 0 amide bonds. The maximum atomic E-state index is 6.53. The highest BCUT2D eigenvalue weighted by Gasteiger charge is 1.67. The lowest BCUT2D eigenvalue weighted by molar-refractivity contribution is 0.834. The summed E-state index contributed by atoms with van der Waals surface area (Å²) in [6.07, 6.45) is 0. The monoisotopic (exact) mass is 61.1 g/mol. The fourth-order valence-electron chi connectivity index (χ4n) is 0. The smallest absolute Gasteiger partial charge is 0.119 e. The van der Waals surface area contributed by atoms with Gasteiger partial charge in [-0.3, -0.25) is 0 Å². The van der Waals surface area contributed by atoms with Crippen molar-refractivity contribution in [3.8, 4) is 0 Å². The fraction of sp³-hybridized carbons (Fsp3) is 1.00. The van der Waals surface area contributed by atoms with Crippen LogP contribution in [0, 0.1) is 0 Å². The SMILES string of the molecule is [2H]N([2H])C(C)C. The third kappa shape index (κ3) is 1130. The van der Waals surface area contributed by atoms with E-state index >= 15 is 0 Å². The Hall–Kier alpha value is -0.0400. The number of rotatable bonds is 1. The molecule has 26 valence electrons. The Morgan fingerprint density at radius 2 is 2.25 bits per heavy atom. The molecule has 0 aliphatic carbocycles. The van der Waals surface area contributed by atoms with Gasteiger partial charge in [0.25, 0.3) is 0 Å². The summed E-state index contributed by atoms with van der Waals surface area (Å²) in [7, 11) is 0. The number of hydrogen-bond acceptors (Lipinski definition) is 1. The molecule has 0 saturated heterocycles. The highest BCUT2D eigenvalue weighted by molar-refractivity contribution is 4.32. The molecule has 0 aromatic carbocycles. The summed E-state index contributed by atoms with van der Waals surface area (Å²) >= 11 is 0. The standard InChI is InChI=1S/C3H9N/c1-3(2)4/h3H,4H2,1-2H3/i/hD2. The van der Waals surface area contributed by atoms with E-state index in [-0.39, 0.29) is 6.04 Å². The molecule has 2 N–H and O–H groups in total. The van der Waals surface area contributed by atoms with Gasteiger partial charge in [0.15, 0.2) is 0 Å². The molecule has 4 heavy (non-hydrogen) atoms. The van der Waals surface area contributed by atoms with E-state index in [2.05, 4.69) is 0 Å². The highest BCUT2D eigenvalue weighted by Crippen LogP contribution is 1.58. The van der Waals surface area contributed by atoms with Crippen molar-refractivity contribution in [3.63, 3.8) is 0 Å². The minimum absolute atomic E-state index is 0.0185. The van der Waals surface area contributed by atoms with Crippen molar-refractivity contribution in [2.24, 2.45) is 5.72 Å². The van der Waals surface area contributed by atoms with E-state index in [9.17, 15) is 0 Å². The molecule has 0 aliphatic heterocycles. The molecule has 0 radical (unpaired) electrons. The van der Waals surface area contributed by atoms with E-state index in [1.807, 2.05) is 0 Å². The average Bonchev–Trinajstić information content (AvgIpc) is 1.36. The Kier molecular flexibility index (Phi) is 0.458. The molecular formula is C3H9N. The highest BCUT2D eigenvalue weighted by atomic mass is 14.6. The molecule has 0 aromatic heterocycles. The average molecular weight is 61.1 g/mol. The van der Waals surface area contributed by atoms with Gasteiger partial charge in [-0.15, -0.1) is 0 Å². The predicted octanol–water partition coefficient (Wildman–Crippen LogP) is 0.353. The van der Waals surface area contributed by atoms with Crippen LogP contribution in [0.3, 0.4) is 0 Å². The Balaban J connectivity index is 2.99. The van der Waals surface area contributed by atoms with E-state index < -0.39 is 0 Å². The first-order chi connectivity index (χ1) is 2.64. The molecule has 0 bridgehead atoms. The molecule has 0 unspecified atom stereocenters. The van der Waals surface area contributed by atoms with Crippen molar-refractivity contribution >= 4 is 0 Å². The largest absolute Gasteiger partial charge is 0.328 e. The predicted molar refractivity (Wildman–Crippen MR) is 19.3 cm³/mol. The van der Waals surface area contributed by atoms with Crippen molar-refractivity contribution in [1.82, 2.24) is 0 Å². The van der Waals surface area contributed by atoms with Crippen molar-refractivity contribution in [3.05, 3.63) is 0 Å². The van der Waals surface area contributed by atoms with Gasteiger partial charge < -0.3 is 5.72 Å². The summed E-state index contributed by atoms with van der Waals surface area (Å²) in [6.45, 7) is 3.58. The molecule has 0 aliphatic rings. The molecular weight excluding hydrogens is 50.0 g/mol. The van der Waals surface area contributed by atoms with Gasteiger partial charge in [-0.1, -0.05) is 13.8 Å². The van der Waals surface area contributed by atoms with Crippen LogP contribution in [0.1, 0.15) is 13.8 Å². The van der Waals surface area contributed by atoms with Crippen molar-refractivity contribution < 1.29 is 2.82 Å². The van der Waals surface area contributed by atoms with Crippen LogP contribution in [0.15, 0.2) is 0 Å². The van der Waals surface area contributed by atoms with Crippen LogP contribution < -0.4 is 5.72 Å². The lowest BCUT2D eigenvalue weighted by atomic mass is 10.5. The van der Waals surface area contributed by atoms with Gasteiger partial charge in [-0.2, -0.15) is 0 Å². The maximum Gasteiger partial charge on any atom is 0.119 e. The third-order valence-corrected chi connectivity index (χ3v) is 0. The van der Waals surface area contributed by atoms with E-state index in [0.29, 0.717) is 5.72 Å². The summed E-state index contributed by atoms with van der Waals surface area (Å²) in [5, 5.41) is 0. The van der Waals surface area contributed by atoms with Crippen LogP contribution in [-0.4, -0.2) is 6.04 Å². The van der Waals surface area contributed by atoms with Crippen molar-refractivity contribution in [2.75, 3.05) is 0 Å². The third-order valence-electron chi connectivity index (χ3n) is 0. The molecule has 0 aromatic rings. The van der Waals surface area contributed by atoms with Crippen LogP contribution >= 0.6 is 0 Å². The topological polar surface area (TPSA) is 26.0 Å². The number of hydrogen-bond donors (Lipinski definition) is 1. The van der Waals surface area contributed by atoms with E-state index in [1.54, 1.807) is 13.8 Å². The molecule has 1 heteroatoms. The Morgan fingerprint density at radius 3 is 2.25 bits per heavy atom. The van der Waals surface area contributed by atoms with E-state index in [0.717, 1.165) is 0 Å². The molecule has 0 spiro atoms. The molecule has 0 saturated carbocycles. The van der Waals surface area contributed by atoms with Crippen LogP contribution in [0.5, 0.6) is 0 Å². The van der Waals surface area contributed by atoms with Crippen molar-refractivity contribution in [1.29, 1.82) is 0 Å².